The number of benzene rings is 1. The second-order valence-corrected chi connectivity index (χ2v) is 6.07. The lowest BCUT2D eigenvalue weighted by Gasteiger charge is -2.36. The number of ether oxygens (including phenoxy) is 2. The average molecular weight is 290 g/mol. The van der Waals surface area contributed by atoms with Crippen molar-refractivity contribution in [2.24, 2.45) is 0 Å². The van der Waals surface area contributed by atoms with Crippen LogP contribution in [-0.2, 0) is 9.47 Å². The summed E-state index contributed by atoms with van der Waals surface area (Å²) in [7, 11) is 1.75. The molecule has 1 N–H and O–H groups in total. The third-order valence-electron chi connectivity index (χ3n) is 4.59. The molecule has 3 rings (SSSR count). The van der Waals surface area contributed by atoms with Crippen molar-refractivity contribution in [3.05, 3.63) is 35.9 Å². The highest BCUT2D eigenvalue weighted by Crippen LogP contribution is 2.22. The Morgan fingerprint density at radius 2 is 2.24 bits per heavy atom. The van der Waals surface area contributed by atoms with Crippen LogP contribution >= 0.6 is 0 Å². The van der Waals surface area contributed by atoms with Gasteiger partial charge in [0, 0.05) is 26.2 Å². The summed E-state index contributed by atoms with van der Waals surface area (Å²) in [6.45, 7) is 4.76. The van der Waals surface area contributed by atoms with Gasteiger partial charge < -0.3 is 14.8 Å². The largest absolute Gasteiger partial charge is 0.383 e. The molecule has 21 heavy (non-hydrogen) atoms. The second kappa shape index (κ2) is 7.36. The van der Waals surface area contributed by atoms with Gasteiger partial charge in [-0.15, -0.1) is 0 Å². The van der Waals surface area contributed by atoms with Gasteiger partial charge in [0.1, 0.15) is 0 Å². The molecule has 3 unspecified atom stereocenters. The molecule has 3 atom stereocenters. The highest BCUT2D eigenvalue weighted by atomic mass is 16.5. The molecule has 2 heterocycles. The number of nitrogens with zero attached hydrogens (tertiary/aromatic N) is 1. The first-order valence-corrected chi connectivity index (χ1v) is 7.99. The van der Waals surface area contributed by atoms with E-state index in [1.165, 1.54) is 24.9 Å². The number of morpholine rings is 1. The van der Waals surface area contributed by atoms with Crippen molar-refractivity contribution < 1.29 is 9.47 Å². The number of rotatable bonds is 6. The second-order valence-electron chi connectivity index (χ2n) is 6.07. The van der Waals surface area contributed by atoms with Crippen molar-refractivity contribution >= 4 is 0 Å². The van der Waals surface area contributed by atoms with E-state index in [0.29, 0.717) is 18.8 Å². The van der Waals surface area contributed by atoms with E-state index in [1.54, 1.807) is 7.11 Å². The highest BCUT2D eigenvalue weighted by Gasteiger charge is 2.32. The summed E-state index contributed by atoms with van der Waals surface area (Å²) in [5, 5.41) is 3.61. The van der Waals surface area contributed by atoms with Crippen LogP contribution in [0.4, 0.5) is 0 Å². The van der Waals surface area contributed by atoms with Crippen LogP contribution in [0.25, 0.3) is 0 Å². The van der Waals surface area contributed by atoms with E-state index in [-0.39, 0.29) is 6.04 Å². The molecule has 1 aromatic carbocycles. The average Bonchev–Trinajstić information content (AvgIpc) is 3.00. The topological polar surface area (TPSA) is 33.7 Å². The predicted molar refractivity (Wildman–Crippen MR) is 83.4 cm³/mol. The lowest BCUT2D eigenvalue weighted by atomic mass is 10.1. The zero-order chi connectivity index (χ0) is 14.5. The molecule has 2 aliphatic rings. The van der Waals surface area contributed by atoms with E-state index in [4.69, 9.17) is 9.47 Å². The van der Waals surface area contributed by atoms with Crippen LogP contribution in [0.3, 0.4) is 0 Å². The monoisotopic (exact) mass is 290 g/mol. The number of fused-ring (bicyclic) bond motifs is 1. The molecule has 0 amide bonds. The van der Waals surface area contributed by atoms with Crippen molar-refractivity contribution in [3.63, 3.8) is 0 Å². The van der Waals surface area contributed by atoms with E-state index >= 15 is 0 Å². The van der Waals surface area contributed by atoms with Crippen molar-refractivity contribution in [2.75, 3.05) is 40.0 Å². The first-order chi connectivity index (χ1) is 10.4. The third kappa shape index (κ3) is 3.83. The fraction of sp³-hybridized carbons (Fsp3) is 0.647. The smallest absolute Gasteiger partial charge is 0.0827 e. The van der Waals surface area contributed by atoms with Gasteiger partial charge in [-0.2, -0.15) is 0 Å². The lowest BCUT2D eigenvalue weighted by Crippen LogP contribution is -2.49. The molecule has 2 fully saturated rings. The van der Waals surface area contributed by atoms with Crippen LogP contribution < -0.4 is 5.32 Å². The minimum Gasteiger partial charge on any atom is -0.383 e. The molecule has 1 aromatic rings. The molecular formula is C17H26N2O2. The summed E-state index contributed by atoms with van der Waals surface area (Å²) in [5.74, 6) is 0. The molecule has 0 spiro atoms. The van der Waals surface area contributed by atoms with Gasteiger partial charge in [-0.05, 0) is 24.9 Å². The molecule has 2 aliphatic heterocycles. The van der Waals surface area contributed by atoms with E-state index in [0.717, 1.165) is 19.7 Å². The SMILES string of the molecule is COCC(NCC1CN2CCCC2CO1)c1ccccc1. The Bertz CT molecular complexity index is 426. The van der Waals surface area contributed by atoms with Gasteiger partial charge >= 0.3 is 0 Å². The van der Waals surface area contributed by atoms with Gasteiger partial charge in [0.15, 0.2) is 0 Å². The van der Waals surface area contributed by atoms with Crippen LogP contribution in [-0.4, -0.2) is 57.0 Å². The van der Waals surface area contributed by atoms with Crippen molar-refractivity contribution in [3.8, 4) is 0 Å². The van der Waals surface area contributed by atoms with Gasteiger partial charge in [-0.3, -0.25) is 4.90 Å². The zero-order valence-corrected chi connectivity index (χ0v) is 12.8. The molecule has 0 saturated carbocycles. The van der Waals surface area contributed by atoms with E-state index in [2.05, 4.69) is 34.5 Å². The standard InChI is InChI=1S/C17H26N2O2/c1-20-13-17(14-6-3-2-4-7-14)18-10-16-11-19-9-5-8-15(19)12-21-16/h2-4,6-7,15-18H,5,8-13H2,1H3. The summed E-state index contributed by atoms with van der Waals surface area (Å²) in [6, 6.07) is 11.4. The van der Waals surface area contributed by atoms with Crippen LogP contribution in [0.2, 0.25) is 0 Å². The van der Waals surface area contributed by atoms with E-state index < -0.39 is 0 Å². The first-order valence-electron chi connectivity index (χ1n) is 7.99. The Labute approximate surface area is 127 Å². The Balaban J connectivity index is 1.52. The maximum absolute atomic E-state index is 6.01. The molecule has 0 aliphatic carbocycles. The number of methoxy groups -OCH3 is 1. The first kappa shape index (κ1) is 15.0. The number of hydrogen-bond donors (Lipinski definition) is 1. The molecule has 0 radical (unpaired) electrons. The molecule has 4 nitrogen and oxygen atoms in total. The maximum atomic E-state index is 6.01. The van der Waals surface area contributed by atoms with Gasteiger partial charge in [0.2, 0.25) is 0 Å². The molecule has 0 aromatic heterocycles. The minimum absolute atomic E-state index is 0.233. The predicted octanol–water partition coefficient (Wildman–Crippen LogP) is 1.83. The third-order valence-corrected chi connectivity index (χ3v) is 4.59. The fourth-order valence-corrected chi connectivity index (χ4v) is 3.41. The molecule has 2 saturated heterocycles. The Morgan fingerprint density at radius 3 is 3.05 bits per heavy atom. The van der Waals surface area contributed by atoms with Crippen LogP contribution in [0.15, 0.2) is 30.3 Å². The lowest BCUT2D eigenvalue weighted by molar-refractivity contribution is -0.0486. The molecule has 0 bridgehead atoms. The summed E-state index contributed by atoms with van der Waals surface area (Å²) in [4.78, 5) is 2.59. The summed E-state index contributed by atoms with van der Waals surface area (Å²) in [5.41, 5.74) is 1.27. The fourth-order valence-electron chi connectivity index (χ4n) is 3.41. The van der Waals surface area contributed by atoms with E-state index in [9.17, 15) is 0 Å². The minimum atomic E-state index is 0.233. The summed E-state index contributed by atoms with van der Waals surface area (Å²) >= 11 is 0. The van der Waals surface area contributed by atoms with Crippen LogP contribution in [0.5, 0.6) is 0 Å². The van der Waals surface area contributed by atoms with Gasteiger partial charge in [0.25, 0.3) is 0 Å². The quantitative estimate of drug-likeness (QED) is 0.866. The summed E-state index contributed by atoms with van der Waals surface area (Å²) in [6.07, 6.45) is 2.92. The van der Waals surface area contributed by atoms with Gasteiger partial charge in [-0.25, -0.2) is 0 Å². The van der Waals surface area contributed by atoms with E-state index in [1.807, 2.05) is 6.07 Å². The molecule has 4 heteroatoms. The molecular weight excluding hydrogens is 264 g/mol. The Kier molecular flexibility index (Phi) is 5.25. The maximum Gasteiger partial charge on any atom is 0.0827 e. The van der Waals surface area contributed by atoms with Gasteiger partial charge in [-0.1, -0.05) is 30.3 Å². The van der Waals surface area contributed by atoms with Crippen molar-refractivity contribution in [1.82, 2.24) is 10.2 Å². The van der Waals surface area contributed by atoms with Crippen LogP contribution in [0, 0.1) is 0 Å². The van der Waals surface area contributed by atoms with Gasteiger partial charge in [0.05, 0.1) is 25.4 Å². The number of hydrogen-bond acceptors (Lipinski definition) is 4. The zero-order valence-electron chi connectivity index (χ0n) is 12.8. The summed E-state index contributed by atoms with van der Waals surface area (Å²) < 4.78 is 11.4. The normalized spacial score (nSPS) is 27.5. The highest BCUT2D eigenvalue weighted by molar-refractivity contribution is 5.19. The molecule has 116 valence electrons. The number of nitrogens with one attached hydrogen (secondary N) is 1. The van der Waals surface area contributed by atoms with Crippen molar-refractivity contribution in [1.29, 1.82) is 0 Å². The Morgan fingerprint density at radius 1 is 1.38 bits per heavy atom. The Hall–Kier alpha value is -0.940. The van der Waals surface area contributed by atoms with Crippen LogP contribution in [0.1, 0.15) is 24.4 Å². The van der Waals surface area contributed by atoms with Crippen molar-refractivity contribution in [2.45, 2.75) is 31.0 Å².